The van der Waals surface area contributed by atoms with E-state index in [1.807, 2.05) is 50.3 Å². The molecule has 0 spiro atoms. The molecule has 0 saturated carbocycles. The Morgan fingerprint density at radius 2 is 1.15 bits per heavy atom. The Balaban J connectivity index is 0.000000320. The van der Waals surface area contributed by atoms with Gasteiger partial charge in [0.2, 0.25) is 12.2 Å². The molecule has 0 radical (unpaired) electrons. The SMILES string of the molecule is Brc1nccs1.CCCc1nccs1.Cn1c(=O)c2c(ncn2CC(=O)NCCc2nccs2)n(C)c1=O.Cn1c(=O)c2c(ncn2CC(=O)O)n(C)c1=O.NCCc1nccs1.O=CC(F)(F)F.[2H]CI. The average Bonchev–Trinajstić information content (AvgIpc) is 4.21. The van der Waals surface area contributed by atoms with E-state index in [2.05, 4.69) is 58.1 Å². The van der Waals surface area contributed by atoms with Crippen LogP contribution < -0.4 is 33.5 Å². The number of aryl methyl sites for hydroxylation is 3. The van der Waals surface area contributed by atoms with Crippen LogP contribution in [0.3, 0.4) is 0 Å². The molecule has 31 heteroatoms. The van der Waals surface area contributed by atoms with Crippen LogP contribution in [0, 0.1) is 0 Å². The van der Waals surface area contributed by atoms with Gasteiger partial charge in [-0.05, 0) is 40.2 Å². The standard InChI is InChI=1S/C14H16N6O3S.C9H10N4O4.C6H9NS.C5H8N2S.C3H2BrNS.C2HF3O.CH3I/c1-18-12-11(13(22)19(2)14(18)23)20(8-17-12)7-9(21)15-4-3-10-16-5-6-24-10;1-11-7-6(8(16)12(2)9(11)17)13(4-10-7)3-5(14)15;1-2-3-6-7-4-5-8-6;6-2-1-5-7-3-4-8-5;4-3-5-1-2-6-3;3-2(4,5)1-6;1-2/h5-6,8H,3-4,7H2,1-2H3,(H,15,21);4H,3H2,1-2H3,(H,14,15);4-5H,2-3H2,1H3;3-4H,1-2,6H2;1-2H;1H;1H3/i;;;;;;1D. The molecule has 8 heterocycles. The summed E-state index contributed by atoms with van der Waals surface area (Å²) in [5.41, 5.74) is 4.09. The Morgan fingerprint density at radius 1 is 0.746 bits per heavy atom. The van der Waals surface area contributed by atoms with Crippen LogP contribution in [0.25, 0.3) is 22.3 Å². The molecule has 8 aromatic heterocycles. The molecule has 1 amide bonds. The van der Waals surface area contributed by atoms with E-state index >= 15 is 0 Å². The van der Waals surface area contributed by atoms with E-state index in [9.17, 15) is 41.9 Å². The van der Waals surface area contributed by atoms with Crippen molar-refractivity contribution in [3.05, 3.63) is 120 Å². The highest BCUT2D eigenvalue weighted by Crippen LogP contribution is 2.11. The van der Waals surface area contributed by atoms with Crippen LogP contribution in [-0.2, 0) is 74.9 Å². The van der Waals surface area contributed by atoms with E-state index in [1.165, 1.54) is 81.9 Å². The maximum absolute atomic E-state index is 12.3. The summed E-state index contributed by atoms with van der Waals surface area (Å²) in [6.07, 6.45) is 7.98. The van der Waals surface area contributed by atoms with Crippen molar-refractivity contribution in [3.8, 4) is 0 Å². The quantitative estimate of drug-likeness (QED) is 0.0929. The lowest BCUT2D eigenvalue weighted by Gasteiger charge is -2.07. The largest absolute Gasteiger partial charge is 0.480 e. The fourth-order valence-corrected chi connectivity index (χ4v) is 8.15. The van der Waals surface area contributed by atoms with Gasteiger partial charge in [0.15, 0.2) is 26.2 Å². The highest BCUT2D eigenvalue weighted by molar-refractivity contribution is 14.1. The lowest BCUT2D eigenvalue weighted by atomic mass is 10.4. The fourth-order valence-electron chi connectivity index (χ4n) is 5.37. The number of carbonyl (C=O) groups is 3. The second-order valence-corrected chi connectivity index (χ2v) is 18.6. The highest BCUT2D eigenvalue weighted by Gasteiger charge is 2.25. The molecule has 22 nitrogen and oxygen atoms in total. The number of nitrogens with two attached hydrogens (primary N) is 1. The number of hydrogen-bond donors (Lipinski definition) is 3. The van der Waals surface area contributed by atoms with E-state index in [1.54, 1.807) is 52.6 Å². The van der Waals surface area contributed by atoms with Gasteiger partial charge in [0.1, 0.15) is 13.1 Å². The molecular weight excluding hydrogens is 1200 g/mol. The van der Waals surface area contributed by atoms with Crippen LogP contribution in [0.15, 0.2) is 82.1 Å². The van der Waals surface area contributed by atoms with E-state index in [4.69, 9.17) is 17.0 Å². The van der Waals surface area contributed by atoms with Crippen molar-refractivity contribution < 1.29 is 34.0 Å². The van der Waals surface area contributed by atoms with Crippen LogP contribution in [0.5, 0.6) is 0 Å². The van der Waals surface area contributed by atoms with Crippen molar-refractivity contribution in [2.24, 2.45) is 33.9 Å². The van der Waals surface area contributed by atoms with Crippen LogP contribution in [0.2, 0.25) is 0 Å². The summed E-state index contributed by atoms with van der Waals surface area (Å²) < 4.78 is 45.5. The van der Waals surface area contributed by atoms with Gasteiger partial charge in [0.05, 0.1) is 27.7 Å². The first-order valence-corrected chi connectivity index (χ1v) is 26.0. The van der Waals surface area contributed by atoms with Crippen molar-refractivity contribution >= 4 is 124 Å². The summed E-state index contributed by atoms with van der Waals surface area (Å²) in [5.74, 6) is -1.32. The van der Waals surface area contributed by atoms with E-state index in [0.29, 0.717) is 24.4 Å². The molecule has 8 aromatic rings. The third kappa shape index (κ3) is 20.2. The molecule has 0 saturated heterocycles. The number of aldehydes is 1. The lowest BCUT2D eigenvalue weighted by molar-refractivity contribution is -0.156. The van der Waals surface area contributed by atoms with Crippen molar-refractivity contribution in [1.82, 2.24) is 62.6 Å². The first-order valence-electron chi connectivity index (χ1n) is 20.8. The summed E-state index contributed by atoms with van der Waals surface area (Å²) in [5, 5.41) is 22.6. The Bertz CT molecular complexity index is 3070. The summed E-state index contributed by atoms with van der Waals surface area (Å²) in [6.45, 7) is 2.93. The van der Waals surface area contributed by atoms with Crippen molar-refractivity contribution in [1.29, 1.82) is 0 Å². The number of carboxylic acids is 1. The molecule has 71 heavy (non-hydrogen) atoms. The van der Waals surface area contributed by atoms with Crippen LogP contribution in [0.4, 0.5) is 13.2 Å². The molecule has 0 aliphatic rings. The van der Waals surface area contributed by atoms with Gasteiger partial charge in [0, 0.05) is 95.3 Å². The number of thiazole rings is 4. The highest BCUT2D eigenvalue weighted by atomic mass is 127. The average molecular weight is 1250 g/mol. The number of alkyl halides is 4. The molecule has 0 atom stereocenters. The van der Waals surface area contributed by atoms with Gasteiger partial charge < -0.3 is 25.3 Å². The zero-order chi connectivity index (χ0) is 54.0. The first-order chi connectivity index (χ1) is 34.1. The maximum atomic E-state index is 12.3. The number of carbonyl (C=O) groups excluding carboxylic acids is 2. The molecule has 0 aliphatic carbocycles. The maximum Gasteiger partial charge on any atom is 0.446 e. The van der Waals surface area contributed by atoms with E-state index in [-0.39, 0.29) is 41.3 Å². The predicted octanol–water partition coefficient (Wildman–Crippen LogP) is 4.21. The Kier molecular flexibility index (Phi) is 26.6. The normalized spacial score (nSPS) is 10.5. The number of hydrogen-bond acceptors (Lipinski definition) is 18. The molecule has 386 valence electrons. The second kappa shape index (κ2) is 31.7. The van der Waals surface area contributed by atoms with E-state index in [0.717, 1.165) is 35.9 Å². The number of aliphatic carboxylic acids is 1. The molecule has 0 fully saturated rings. The summed E-state index contributed by atoms with van der Waals surface area (Å²) in [7, 11) is 5.75. The summed E-state index contributed by atoms with van der Waals surface area (Å²) in [4.78, 5) is 104. The molecule has 4 N–H and O–H groups in total. The number of carboxylic acid groups (broad SMARTS) is 1. The number of aromatic nitrogens is 12. The molecule has 0 unspecified atom stereocenters. The van der Waals surface area contributed by atoms with Crippen LogP contribution >= 0.6 is 83.9 Å². The number of nitrogens with one attached hydrogen (secondary N) is 1. The first kappa shape index (κ1) is 59.7. The Hall–Kier alpha value is -5.61. The summed E-state index contributed by atoms with van der Waals surface area (Å²) >= 11 is 11.7. The topological polar surface area (TPSA) is 285 Å². The fraction of sp³-hybridized carbons (Fsp3) is 0.375. The number of fused-ring (bicyclic) bond motifs is 2. The zero-order valence-electron chi connectivity index (χ0n) is 39.5. The van der Waals surface area contributed by atoms with Gasteiger partial charge in [-0.1, -0.05) is 29.5 Å². The van der Waals surface area contributed by atoms with E-state index < -0.39 is 40.9 Å². The van der Waals surface area contributed by atoms with Crippen molar-refractivity contribution in [2.45, 2.75) is 51.9 Å². The minimum atomic E-state index is -4.64. The number of amides is 1. The van der Waals surface area contributed by atoms with Crippen LogP contribution in [-0.4, -0.2) is 105 Å². The van der Waals surface area contributed by atoms with Gasteiger partial charge in [-0.3, -0.25) is 42.2 Å². The van der Waals surface area contributed by atoms with Crippen molar-refractivity contribution in [2.75, 3.05) is 18.0 Å². The number of rotatable bonds is 11. The van der Waals surface area contributed by atoms with Gasteiger partial charge in [-0.25, -0.2) is 39.5 Å². The van der Waals surface area contributed by atoms with Gasteiger partial charge >= 0.3 is 23.5 Å². The predicted molar refractivity (Wildman–Crippen MR) is 280 cm³/mol. The monoisotopic (exact) mass is 1250 g/mol. The second-order valence-electron chi connectivity index (χ2n) is 13.5. The number of nitrogens with zero attached hydrogens (tertiary/aromatic N) is 12. The van der Waals surface area contributed by atoms with Crippen LogP contribution in [0.1, 0.15) is 29.7 Å². The number of halogens is 5. The molecule has 0 aromatic carbocycles. The Labute approximate surface area is 441 Å². The van der Waals surface area contributed by atoms with Gasteiger partial charge in [-0.15, -0.1) is 45.3 Å². The van der Waals surface area contributed by atoms with Gasteiger partial charge in [0.25, 0.3) is 11.1 Å². The smallest absolute Gasteiger partial charge is 0.446 e. The third-order valence-electron chi connectivity index (χ3n) is 8.52. The molecular formula is C40H49BrF3IN14O8S4. The lowest BCUT2D eigenvalue weighted by Crippen LogP contribution is -2.38. The molecule has 8 rings (SSSR count). The molecule has 0 aliphatic heterocycles. The third-order valence-corrected chi connectivity index (χ3v) is 12.4. The minimum absolute atomic E-state index is 0.0399. The summed E-state index contributed by atoms with van der Waals surface area (Å²) in [6, 6.07) is 0. The minimum Gasteiger partial charge on any atom is -0.480 e. The van der Waals surface area contributed by atoms with Gasteiger partial charge in [-0.2, -0.15) is 13.2 Å². The number of imidazole rings is 2. The molecule has 0 bridgehead atoms. The Morgan fingerprint density at radius 3 is 1.49 bits per heavy atom. The zero-order valence-corrected chi connectivity index (χ0v) is 45.5. The van der Waals surface area contributed by atoms with Crippen molar-refractivity contribution in [3.63, 3.8) is 0 Å².